The van der Waals surface area contributed by atoms with Crippen molar-refractivity contribution >= 4 is 29.2 Å². The highest BCUT2D eigenvalue weighted by atomic mass is 35.5. The first-order chi connectivity index (χ1) is 9.20. The third-order valence-corrected chi connectivity index (χ3v) is 2.59. The van der Waals surface area contributed by atoms with Crippen molar-refractivity contribution in [3.05, 3.63) is 47.2 Å². The fourth-order valence-electron chi connectivity index (χ4n) is 1.42. The maximum Gasteiger partial charge on any atom is 0.357 e. The molecule has 0 amide bonds. The highest BCUT2D eigenvalue weighted by Gasteiger charge is 2.10. The van der Waals surface area contributed by atoms with E-state index in [-0.39, 0.29) is 5.69 Å². The van der Waals surface area contributed by atoms with Gasteiger partial charge < -0.3 is 10.1 Å². The fraction of sp³-hybridized carbons (Fsp3) is 0.154. The highest BCUT2D eigenvalue weighted by molar-refractivity contribution is 6.33. The summed E-state index contributed by atoms with van der Waals surface area (Å²) in [5.74, 6) is -0.189. The number of aromatic nitrogens is 2. The van der Waals surface area contributed by atoms with Crippen LogP contribution in [0.2, 0.25) is 5.02 Å². The molecule has 0 unspecified atom stereocenters. The molecule has 5 nitrogen and oxygen atoms in total. The van der Waals surface area contributed by atoms with E-state index in [1.165, 1.54) is 12.3 Å². The van der Waals surface area contributed by atoms with Gasteiger partial charge in [-0.25, -0.2) is 14.8 Å². The molecule has 1 aromatic heterocycles. The topological polar surface area (TPSA) is 64.1 Å². The van der Waals surface area contributed by atoms with Crippen LogP contribution < -0.4 is 5.32 Å². The van der Waals surface area contributed by atoms with Gasteiger partial charge in [0.15, 0.2) is 5.69 Å². The van der Waals surface area contributed by atoms with Crippen LogP contribution in [0.25, 0.3) is 0 Å². The van der Waals surface area contributed by atoms with Gasteiger partial charge in [0.2, 0.25) is 5.95 Å². The molecule has 0 aliphatic carbocycles. The van der Waals surface area contributed by atoms with Crippen molar-refractivity contribution in [3.63, 3.8) is 0 Å². The largest absolute Gasteiger partial charge is 0.461 e. The lowest BCUT2D eigenvalue weighted by molar-refractivity contribution is 0.0519. The van der Waals surface area contributed by atoms with E-state index in [2.05, 4.69) is 15.3 Å². The minimum absolute atomic E-state index is 0.200. The summed E-state index contributed by atoms with van der Waals surface area (Å²) in [5.41, 5.74) is 0.872. The van der Waals surface area contributed by atoms with Crippen molar-refractivity contribution in [3.8, 4) is 0 Å². The van der Waals surface area contributed by atoms with Crippen LogP contribution in [-0.2, 0) is 4.74 Å². The minimum Gasteiger partial charge on any atom is -0.461 e. The van der Waals surface area contributed by atoms with E-state index in [0.717, 1.165) is 0 Å². The number of nitrogens with one attached hydrogen (secondary N) is 1. The van der Waals surface area contributed by atoms with E-state index in [1.54, 1.807) is 19.1 Å². The molecule has 0 radical (unpaired) electrons. The zero-order chi connectivity index (χ0) is 13.7. The quantitative estimate of drug-likeness (QED) is 0.870. The number of carbonyl (C=O) groups is 1. The Morgan fingerprint density at radius 1 is 1.37 bits per heavy atom. The molecule has 1 aromatic carbocycles. The van der Waals surface area contributed by atoms with Gasteiger partial charge in [-0.1, -0.05) is 23.7 Å². The van der Waals surface area contributed by atoms with Crippen LogP contribution >= 0.6 is 11.6 Å². The molecule has 1 heterocycles. The molecule has 2 aromatic rings. The molecule has 0 aliphatic rings. The summed E-state index contributed by atoms with van der Waals surface area (Å²) in [7, 11) is 0. The number of hydrogen-bond donors (Lipinski definition) is 1. The number of rotatable bonds is 4. The van der Waals surface area contributed by atoms with Crippen molar-refractivity contribution in [2.45, 2.75) is 6.92 Å². The number of esters is 1. The van der Waals surface area contributed by atoms with Crippen molar-refractivity contribution in [1.29, 1.82) is 0 Å². The molecule has 2 rings (SSSR count). The predicted octanol–water partition coefficient (Wildman–Crippen LogP) is 3.05. The Labute approximate surface area is 115 Å². The van der Waals surface area contributed by atoms with Gasteiger partial charge in [-0.05, 0) is 25.1 Å². The SMILES string of the molecule is CCOC(=O)c1ccnc(Nc2ccccc2Cl)n1. The number of hydrogen-bond acceptors (Lipinski definition) is 5. The molecular weight excluding hydrogens is 266 g/mol. The van der Waals surface area contributed by atoms with Gasteiger partial charge >= 0.3 is 5.97 Å². The second kappa shape index (κ2) is 6.15. The Balaban J connectivity index is 2.20. The minimum atomic E-state index is -0.480. The zero-order valence-corrected chi connectivity index (χ0v) is 11.0. The summed E-state index contributed by atoms with van der Waals surface area (Å²) >= 11 is 6.02. The van der Waals surface area contributed by atoms with E-state index in [4.69, 9.17) is 16.3 Å². The van der Waals surface area contributed by atoms with Crippen LogP contribution in [0.3, 0.4) is 0 Å². The molecule has 0 saturated heterocycles. The molecule has 0 saturated carbocycles. The number of nitrogens with zero attached hydrogens (tertiary/aromatic N) is 2. The predicted molar refractivity (Wildman–Crippen MR) is 72.7 cm³/mol. The maximum absolute atomic E-state index is 11.5. The van der Waals surface area contributed by atoms with Crippen LogP contribution in [0.1, 0.15) is 17.4 Å². The fourth-order valence-corrected chi connectivity index (χ4v) is 1.60. The van der Waals surface area contributed by atoms with Crippen molar-refractivity contribution in [2.75, 3.05) is 11.9 Å². The molecule has 98 valence electrons. The second-order valence-electron chi connectivity index (χ2n) is 3.59. The Morgan fingerprint density at radius 3 is 2.89 bits per heavy atom. The second-order valence-corrected chi connectivity index (χ2v) is 4.00. The van der Waals surface area contributed by atoms with Crippen LogP contribution in [0.15, 0.2) is 36.5 Å². The Kier molecular flexibility index (Phi) is 4.30. The molecule has 0 fully saturated rings. The number of ether oxygens (including phenoxy) is 1. The van der Waals surface area contributed by atoms with Gasteiger partial charge in [0.25, 0.3) is 0 Å². The van der Waals surface area contributed by atoms with Crippen LogP contribution in [-0.4, -0.2) is 22.5 Å². The first kappa shape index (κ1) is 13.3. The molecule has 0 spiro atoms. The molecule has 0 aliphatic heterocycles. The third kappa shape index (κ3) is 3.42. The number of halogens is 1. The lowest BCUT2D eigenvalue weighted by Crippen LogP contribution is -2.09. The standard InChI is InChI=1S/C13H12ClN3O2/c1-2-19-12(18)11-7-8-15-13(17-11)16-10-6-4-3-5-9(10)14/h3-8H,2H2,1H3,(H,15,16,17). The molecule has 1 N–H and O–H groups in total. The van der Waals surface area contributed by atoms with E-state index < -0.39 is 5.97 Å². The van der Waals surface area contributed by atoms with Gasteiger partial charge in [-0.2, -0.15) is 0 Å². The number of carbonyl (C=O) groups excluding carboxylic acids is 1. The van der Waals surface area contributed by atoms with Crippen molar-refractivity contribution < 1.29 is 9.53 Å². The number of anilines is 2. The summed E-state index contributed by atoms with van der Waals surface area (Å²) in [6.45, 7) is 2.04. The summed E-state index contributed by atoms with van der Waals surface area (Å²) in [6.07, 6.45) is 1.48. The molecule has 0 atom stereocenters. The van der Waals surface area contributed by atoms with Crippen molar-refractivity contribution in [2.24, 2.45) is 0 Å². The lowest BCUT2D eigenvalue weighted by atomic mass is 10.3. The normalized spacial score (nSPS) is 10.0. The number of benzene rings is 1. The average molecular weight is 278 g/mol. The molecule has 6 heteroatoms. The van der Waals surface area contributed by atoms with Crippen LogP contribution in [0, 0.1) is 0 Å². The third-order valence-electron chi connectivity index (χ3n) is 2.26. The van der Waals surface area contributed by atoms with Crippen molar-refractivity contribution in [1.82, 2.24) is 9.97 Å². The summed E-state index contributed by atoms with van der Waals surface area (Å²) in [6, 6.07) is 8.70. The lowest BCUT2D eigenvalue weighted by Gasteiger charge is -2.07. The first-order valence-corrected chi connectivity index (χ1v) is 6.10. The summed E-state index contributed by atoms with van der Waals surface area (Å²) in [5, 5.41) is 3.50. The first-order valence-electron chi connectivity index (χ1n) is 5.72. The summed E-state index contributed by atoms with van der Waals surface area (Å²) < 4.78 is 4.87. The van der Waals surface area contributed by atoms with Crippen LogP contribution in [0.4, 0.5) is 11.6 Å². The van der Waals surface area contributed by atoms with Gasteiger partial charge in [-0.3, -0.25) is 0 Å². The van der Waals surface area contributed by atoms with E-state index in [9.17, 15) is 4.79 Å². The average Bonchev–Trinajstić information content (AvgIpc) is 2.42. The maximum atomic E-state index is 11.5. The smallest absolute Gasteiger partial charge is 0.357 e. The van der Waals surface area contributed by atoms with E-state index >= 15 is 0 Å². The zero-order valence-electron chi connectivity index (χ0n) is 10.3. The molecular formula is C13H12ClN3O2. The van der Waals surface area contributed by atoms with Gasteiger partial charge in [0, 0.05) is 6.20 Å². The highest BCUT2D eigenvalue weighted by Crippen LogP contribution is 2.22. The Hall–Kier alpha value is -2.14. The van der Waals surface area contributed by atoms with Gasteiger partial charge in [0.1, 0.15) is 0 Å². The molecule has 19 heavy (non-hydrogen) atoms. The summed E-state index contributed by atoms with van der Waals surface area (Å²) in [4.78, 5) is 19.7. The Bertz CT molecular complexity index is 590. The monoisotopic (exact) mass is 277 g/mol. The molecule has 0 bridgehead atoms. The Morgan fingerprint density at radius 2 is 2.16 bits per heavy atom. The van der Waals surface area contributed by atoms with E-state index in [1.807, 2.05) is 12.1 Å². The van der Waals surface area contributed by atoms with Gasteiger partial charge in [-0.15, -0.1) is 0 Å². The van der Waals surface area contributed by atoms with Gasteiger partial charge in [0.05, 0.1) is 17.3 Å². The van der Waals surface area contributed by atoms with E-state index in [0.29, 0.717) is 23.3 Å². The number of para-hydroxylation sites is 1. The van der Waals surface area contributed by atoms with Crippen LogP contribution in [0.5, 0.6) is 0 Å².